The lowest BCUT2D eigenvalue weighted by Gasteiger charge is -2.35. The smallest absolute Gasteiger partial charge is 0.324 e. The van der Waals surface area contributed by atoms with Gasteiger partial charge in [0.1, 0.15) is 6.61 Å². The highest BCUT2D eigenvalue weighted by atomic mass is 32.1. The van der Waals surface area contributed by atoms with Crippen LogP contribution in [0.3, 0.4) is 0 Å². The van der Waals surface area contributed by atoms with E-state index in [9.17, 15) is 4.79 Å². The maximum Gasteiger partial charge on any atom is 0.324 e. The topological polar surface area (TPSA) is 79.4 Å². The van der Waals surface area contributed by atoms with Gasteiger partial charge in [-0.25, -0.2) is 14.8 Å². The van der Waals surface area contributed by atoms with E-state index in [-0.39, 0.29) is 12.1 Å². The third kappa shape index (κ3) is 4.01. The fourth-order valence-corrected chi connectivity index (χ4v) is 4.03. The van der Waals surface area contributed by atoms with Crippen LogP contribution in [0, 0.1) is 6.92 Å². The highest BCUT2D eigenvalue weighted by Gasteiger charge is 2.28. The van der Waals surface area contributed by atoms with Crippen LogP contribution in [0.2, 0.25) is 0 Å². The van der Waals surface area contributed by atoms with E-state index >= 15 is 0 Å². The lowest BCUT2D eigenvalue weighted by atomic mass is 10.2. The van der Waals surface area contributed by atoms with Gasteiger partial charge in [-0.1, -0.05) is 29.5 Å². The minimum Gasteiger partial charge on any atom is -0.475 e. The van der Waals surface area contributed by atoms with Gasteiger partial charge in [0, 0.05) is 31.9 Å². The largest absolute Gasteiger partial charge is 0.475 e. The SMILES string of the molecule is Cc1cccc2sc(NC(=O)N3CCNCC3COc3ccccn3)nc12. The molecule has 8 heteroatoms. The van der Waals surface area contributed by atoms with Gasteiger partial charge in [-0.3, -0.25) is 5.32 Å². The van der Waals surface area contributed by atoms with Gasteiger partial charge in [-0.15, -0.1) is 0 Å². The van der Waals surface area contributed by atoms with E-state index in [1.54, 1.807) is 11.1 Å². The number of benzene rings is 1. The van der Waals surface area contributed by atoms with E-state index in [1.165, 1.54) is 11.3 Å². The van der Waals surface area contributed by atoms with Crippen molar-refractivity contribution in [1.82, 2.24) is 20.2 Å². The van der Waals surface area contributed by atoms with E-state index in [0.29, 0.717) is 30.7 Å². The predicted molar refractivity (Wildman–Crippen MR) is 106 cm³/mol. The zero-order valence-electron chi connectivity index (χ0n) is 15.0. The first-order valence-corrected chi connectivity index (χ1v) is 9.71. The van der Waals surface area contributed by atoms with Gasteiger partial charge in [0.25, 0.3) is 0 Å². The molecule has 3 aromatic rings. The number of hydrogen-bond donors (Lipinski definition) is 2. The van der Waals surface area contributed by atoms with Crippen molar-refractivity contribution in [3.8, 4) is 5.88 Å². The summed E-state index contributed by atoms with van der Waals surface area (Å²) in [6.07, 6.45) is 1.69. The van der Waals surface area contributed by atoms with Crippen LogP contribution in [0.1, 0.15) is 5.56 Å². The van der Waals surface area contributed by atoms with Crippen LogP contribution >= 0.6 is 11.3 Å². The molecule has 1 unspecified atom stereocenters. The molecule has 2 amide bonds. The molecule has 27 heavy (non-hydrogen) atoms. The number of thiazole rings is 1. The monoisotopic (exact) mass is 383 g/mol. The first-order chi connectivity index (χ1) is 13.2. The van der Waals surface area contributed by atoms with E-state index in [4.69, 9.17) is 4.74 Å². The van der Waals surface area contributed by atoms with Gasteiger partial charge in [-0.2, -0.15) is 0 Å². The van der Waals surface area contributed by atoms with Crippen molar-refractivity contribution >= 4 is 32.7 Å². The molecule has 2 N–H and O–H groups in total. The fraction of sp³-hybridized carbons (Fsp3) is 0.316. The van der Waals surface area contributed by atoms with Gasteiger partial charge in [0.05, 0.1) is 16.3 Å². The Kier molecular flexibility index (Phi) is 5.17. The number of anilines is 1. The van der Waals surface area contributed by atoms with Crippen molar-refractivity contribution in [3.05, 3.63) is 48.2 Å². The van der Waals surface area contributed by atoms with E-state index in [1.807, 2.05) is 43.3 Å². The van der Waals surface area contributed by atoms with Crippen molar-refractivity contribution in [3.63, 3.8) is 0 Å². The lowest BCUT2D eigenvalue weighted by Crippen LogP contribution is -2.57. The molecule has 4 rings (SSSR count). The van der Waals surface area contributed by atoms with Crippen molar-refractivity contribution in [1.29, 1.82) is 0 Å². The quantitative estimate of drug-likeness (QED) is 0.724. The van der Waals surface area contributed by atoms with Crippen LogP contribution in [-0.2, 0) is 0 Å². The summed E-state index contributed by atoms with van der Waals surface area (Å²) in [5.41, 5.74) is 2.04. The number of pyridine rings is 1. The zero-order chi connectivity index (χ0) is 18.6. The molecule has 1 saturated heterocycles. The number of ether oxygens (including phenoxy) is 1. The first kappa shape index (κ1) is 17.7. The molecule has 0 aliphatic carbocycles. The number of nitrogens with zero attached hydrogens (tertiary/aromatic N) is 3. The van der Waals surface area contributed by atoms with Crippen LogP contribution in [0.15, 0.2) is 42.6 Å². The van der Waals surface area contributed by atoms with Crippen LogP contribution in [0.25, 0.3) is 10.2 Å². The van der Waals surface area contributed by atoms with Crippen LogP contribution in [0.4, 0.5) is 9.93 Å². The van der Waals surface area contributed by atoms with Crippen molar-refractivity contribution in [2.45, 2.75) is 13.0 Å². The summed E-state index contributed by atoms with van der Waals surface area (Å²) in [7, 11) is 0. The molecule has 1 aliphatic rings. The van der Waals surface area contributed by atoms with Crippen molar-refractivity contribution in [2.24, 2.45) is 0 Å². The molecule has 1 aromatic carbocycles. The van der Waals surface area contributed by atoms with Gasteiger partial charge in [0.15, 0.2) is 5.13 Å². The molecule has 1 aliphatic heterocycles. The molecule has 140 valence electrons. The molecule has 2 aromatic heterocycles. The standard InChI is InChI=1S/C19H21N5O2S/c1-13-5-4-6-15-17(13)22-18(27-15)23-19(25)24-10-9-20-11-14(24)12-26-16-7-2-3-8-21-16/h2-8,14,20H,9-12H2,1H3,(H,22,23,25). The predicted octanol–water partition coefficient (Wildman–Crippen LogP) is 2.88. The van der Waals surface area contributed by atoms with Gasteiger partial charge in [-0.05, 0) is 24.6 Å². The third-order valence-corrected chi connectivity index (χ3v) is 5.44. The number of aryl methyl sites for hydroxylation is 1. The molecule has 0 bridgehead atoms. The minimum atomic E-state index is -0.150. The molecular weight excluding hydrogens is 362 g/mol. The second kappa shape index (κ2) is 7.89. The summed E-state index contributed by atoms with van der Waals surface area (Å²) < 4.78 is 6.82. The van der Waals surface area contributed by atoms with E-state index in [0.717, 1.165) is 22.3 Å². The number of amides is 2. The molecule has 3 heterocycles. The number of hydrogen-bond acceptors (Lipinski definition) is 6. The molecule has 0 radical (unpaired) electrons. The lowest BCUT2D eigenvalue weighted by molar-refractivity contribution is 0.131. The Labute approximate surface area is 161 Å². The first-order valence-electron chi connectivity index (χ1n) is 8.89. The van der Waals surface area contributed by atoms with Gasteiger partial charge >= 0.3 is 6.03 Å². The molecule has 1 fully saturated rings. The normalized spacial score (nSPS) is 17.1. The Hall–Kier alpha value is -2.71. The molecule has 0 saturated carbocycles. The Morgan fingerprint density at radius 1 is 1.37 bits per heavy atom. The van der Waals surface area contributed by atoms with E-state index < -0.39 is 0 Å². The number of fused-ring (bicyclic) bond motifs is 1. The average molecular weight is 383 g/mol. The summed E-state index contributed by atoms with van der Waals surface area (Å²) in [6.45, 7) is 4.46. The number of aromatic nitrogens is 2. The number of rotatable bonds is 4. The molecular formula is C19H21N5O2S. The molecule has 7 nitrogen and oxygen atoms in total. The second-order valence-corrected chi connectivity index (χ2v) is 7.43. The Bertz CT molecular complexity index is 930. The average Bonchev–Trinajstić information content (AvgIpc) is 3.11. The zero-order valence-corrected chi connectivity index (χ0v) is 15.8. The third-order valence-electron chi connectivity index (χ3n) is 4.51. The van der Waals surface area contributed by atoms with Crippen molar-refractivity contribution in [2.75, 3.05) is 31.6 Å². The maximum atomic E-state index is 12.8. The van der Waals surface area contributed by atoms with Crippen LogP contribution in [0.5, 0.6) is 5.88 Å². The number of para-hydroxylation sites is 1. The summed E-state index contributed by atoms with van der Waals surface area (Å²) in [6, 6.07) is 11.3. The summed E-state index contributed by atoms with van der Waals surface area (Å²) >= 11 is 1.49. The highest BCUT2D eigenvalue weighted by molar-refractivity contribution is 7.22. The number of piperazine rings is 1. The van der Waals surface area contributed by atoms with Crippen LogP contribution in [-0.4, -0.2) is 53.2 Å². The van der Waals surface area contributed by atoms with Gasteiger partial charge in [0.2, 0.25) is 5.88 Å². The summed E-state index contributed by atoms with van der Waals surface area (Å²) in [4.78, 5) is 23.4. The fourth-order valence-electron chi connectivity index (χ4n) is 3.09. The second-order valence-electron chi connectivity index (χ2n) is 6.40. The minimum absolute atomic E-state index is 0.0723. The van der Waals surface area contributed by atoms with Crippen molar-refractivity contribution < 1.29 is 9.53 Å². The number of carbonyl (C=O) groups is 1. The Balaban J connectivity index is 1.44. The maximum absolute atomic E-state index is 12.8. The number of urea groups is 1. The summed E-state index contributed by atoms with van der Waals surface area (Å²) in [5.74, 6) is 0.560. The Morgan fingerprint density at radius 3 is 3.11 bits per heavy atom. The number of carbonyl (C=O) groups excluding carboxylic acids is 1. The highest BCUT2D eigenvalue weighted by Crippen LogP contribution is 2.28. The van der Waals surface area contributed by atoms with E-state index in [2.05, 4.69) is 20.6 Å². The molecule has 1 atom stereocenters. The van der Waals surface area contributed by atoms with Crippen LogP contribution < -0.4 is 15.4 Å². The Morgan fingerprint density at radius 2 is 2.30 bits per heavy atom. The molecule has 0 spiro atoms. The number of nitrogens with one attached hydrogen (secondary N) is 2. The van der Waals surface area contributed by atoms with Gasteiger partial charge < -0.3 is 15.0 Å². The summed E-state index contributed by atoms with van der Waals surface area (Å²) in [5, 5.41) is 6.88.